The normalized spacial score (nSPS) is 17.9. The SMILES string of the molecule is CC(CNC(=O)c1ccc(Br)s1)CN1CCCC1. The second-order valence-electron chi connectivity index (χ2n) is 4.93. The molecule has 0 aromatic carbocycles. The van der Waals surface area contributed by atoms with Gasteiger partial charge in [-0.25, -0.2) is 0 Å². The summed E-state index contributed by atoms with van der Waals surface area (Å²) in [6.07, 6.45) is 2.64. The maximum atomic E-state index is 11.9. The summed E-state index contributed by atoms with van der Waals surface area (Å²) < 4.78 is 0.998. The molecule has 1 N–H and O–H groups in total. The molecular formula is C13H19BrN2OS. The van der Waals surface area contributed by atoms with Crippen LogP contribution in [-0.2, 0) is 0 Å². The van der Waals surface area contributed by atoms with Crippen LogP contribution in [0.15, 0.2) is 15.9 Å². The predicted molar refractivity (Wildman–Crippen MR) is 79.2 cm³/mol. The second-order valence-corrected chi connectivity index (χ2v) is 7.39. The van der Waals surface area contributed by atoms with Crippen molar-refractivity contribution in [3.05, 3.63) is 20.8 Å². The highest BCUT2D eigenvalue weighted by molar-refractivity contribution is 9.11. The van der Waals surface area contributed by atoms with Gasteiger partial charge in [-0.05, 0) is 59.9 Å². The van der Waals surface area contributed by atoms with Crippen LogP contribution in [0.2, 0.25) is 0 Å². The van der Waals surface area contributed by atoms with E-state index in [0.717, 1.165) is 21.8 Å². The van der Waals surface area contributed by atoms with Crippen LogP contribution in [0, 0.1) is 5.92 Å². The van der Waals surface area contributed by atoms with Crippen molar-refractivity contribution in [1.29, 1.82) is 0 Å². The Balaban J connectivity index is 1.71. The minimum Gasteiger partial charge on any atom is -0.351 e. The molecule has 3 nitrogen and oxygen atoms in total. The van der Waals surface area contributed by atoms with Gasteiger partial charge in [-0.15, -0.1) is 11.3 Å². The lowest BCUT2D eigenvalue weighted by Gasteiger charge is -2.20. The van der Waals surface area contributed by atoms with Crippen LogP contribution in [0.25, 0.3) is 0 Å². The minimum absolute atomic E-state index is 0.0407. The van der Waals surface area contributed by atoms with Crippen molar-refractivity contribution in [1.82, 2.24) is 10.2 Å². The molecule has 0 aliphatic carbocycles. The molecule has 1 aliphatic heterocycles. The number of halogens is 1. The Kier molecular flexibility index (Phi) is 5.21. The number of nitrogens with zero attached hydrogens (tertiary/aromatic N) is 1. The molecule has 5 heteroatoms. The van der Waals surface area contributed by atoms with Crippen LogP contribution in [0.1, 0.15) is 29.4 Å². The fraction of sp³-hybridized carbons (Fsp3) is 0.615. The van der Waals surface area contributed by atoms with Gasteiger partial charge in [0.25, 0.3) is 5.91 Å². The summed E-state index contributed by atoms with van der Waals surface area (Å²) in [6, 6.07) is 3.77. The van der Waals surface area contributed by atoms with Gasteiger partial charge in [0.1, 0.15) is 0 Å². The first-order valence-corrected chi connectivity index (χ1v) is 8.02. The maximum absolute atomic E-state index is 11.9. The van der Waals surface area contributed by atoms with Crippen molar-refractivity contribution >= 4 is 33.2 Å². The third-order valence-corrected chi connectivity index (χ3v) is 4.80. The summed E-state index contributed by atoms with van der Waals surface area (Å²) in [7, 11) is 0. The fourth-order valence-electron chi connectivity index (χ4n) is 2.26. The summed E-state index contributed by atoms with van der Waals surface area (Å²) in [4.78, 5) is 15.1. The molecular weight excluding hydrogens is 312 g/mol. The first kappa shape index (κ1) is 14.0. The largest absolute Gasteiger partial charge is 0.351 e. The number of nitrogens with one attached hydrogen (secondary N) is 1. The molecule has 1 aliphatic rings. The van der Waals surface area contributed by atoms with E-state index >= 15 is 0 Å². The van der Waals surface area contributed by atoms with Crippen molar-refractivity contribution in [2.75, 3.05) is 26.2 Å². The van der Waals surface area contributed by atoms with Gasteiger partial charge in [0.15, 0.2) is 0 Å². The molecule has 2 heterocycles. The Morgan fingerprint density at radius 3 is 2.83 bits per heavy atom. The number of rotatable bonds is 5. The van der Waals surface area contributed by atoms with E-state index in [2.05, 4.69) is 33.1 Å². The zero-order valence-electron chi connectivity index (χ0n) is 10.6. The Morgan fingerprint density at radius 2 is 2.22 bits per heavy atom. The highest BCUT2D eigenvalue weighted by atomic mass is 79.9. The zero-order chi connectivity index (χ0) is 13.0. The van der Waals surface area contributed by atoms with Gasteiger partial charge in [0.05, 0.1) is 8.66 Å². The van der Waals surface area contributed by atoms with Gasteiger partial charge < -0.3 is 10.2 Å². The van der Waals surface area contributed by atoms with Crippen LogP contribution in [0.3, 0.4) is 0 Å². The summed E-state index contributed by atoms with van der Waals surface area (Å²) in [5.74, 6) is 0.550. The van der Waals surface area contributed by atoms with Crippen molar-refractivity contribution in [3.63, 3.8) is 0 Å². The van der Waals surface area contributed by atoms with Gasteiger partial charge in [-0.3, -0.25) is 4.79 Å². The van der Waals surface area contributed by atoms with E-state index in [0.29, 0.717) is 5.92 Å². The molecule has 1 saturated heterocycles. The van der Waals surface area contributed by atoms with Crippen LogP contribution in [0.5, 0.6) is 0 Å². The number of thiophene rings is 1. The lowest BCUT2D eigenvalue weighted by atomic mass is 10.1. The average molecular weight is 331 g/mol. The zero-order valence-corrected chi connectivity index (χ0v) is 13.0. The first-order chi connectivity index (χ1) is 8.65. The van der Waals surface area contributed by atoms with Gasteiger partial charge >= 0.3 is 0 Å². The van der Waals surface area contributed by atoms with E-state index < -0.39 is 0 Å². The molecule has 0 spiro atoms. The lowest BCUT2D eigenvalue weighted by Crippen LogP contribution is -2.34. The number of hydrogen-bond donors (Lipinski definition) is 1. The molecule has 1 fully saturated rings. The quantitative estimate of drug-likeness (QED) is 0.900. The lowest BCUT2D eigenvalue weighted by molar-refractivity contribution is 0.0949. The number of likely N-dealkylation sites (tertiary alicyclic amines) is 1. The van der Waals surface area contributed by atoms with Crippen molar-refractivity contribution in [2.24, 2.45) is 5.92 Å². The van der Waals surface area contributed by atoms with Crippen LogP contribution >= 0.6 is 27.3 Å². The molecule has 1 aromatic rings. The van der Waals surface area contributed by atoms with E-state index in [-0.39, 0.29) is 5.91 Å². The molecule has 2 rings (SSSR count). The van der Waals surface area contributed by atoms with Crippen LogP contribution in [-0.4, -0.2) is 37.0 Å². The second kappa shape index (κ2) is 6.68. The van der Waals surface area contributed by atoms with E-state index in [1.807, 2.05) is 12.1 Å². The summed E-state index contributed by atoms with van der Waals surface area (Å²) in [5.41, 5.74) is 0. The van der Waals surface area contributed by atoms with E-state index in [1.165, 1.54) is 37.3 Å². The van der Waals surface area contributed by atoms with Gasteiger partial charge in [0.2, 0.25) is 0 Å². The van der Waals surface area contributed by atoms with Crippen molar-refractivity contribution in [3.8, 4) is 0 Å². The number of carbonyl (C=O) groups excluding carboxylic acids is 1. The van der Waals surface area contributed by atoms with E-state index in [1.54, 1.807) is 0 Å². The summed E-state index contributed by atoms with van der Waals surface area (Å²) in [6.45, 7) is 6.48. The molecule has 18 heavy (non-hydrogen) atoms. The topological polar surface area (TPSA) is 32.3 Å². The van der Waals surface area contributed by atoms with Crippen molar-refractivity contribution < 1.29 is 4.79 Å². The molecule has 1 amide bonds. The molecule has 1 atom stereocenters. The molecule has 1 aromatic heterocycles. The van der Waals surface area contributed by atoms with E-state index in [4.69, 9.17) is 0 Å². The number of amides is 1. The molecule has 0 bridgehead atoms. The van der Waals surface area contributed by atoms with E-state index in [9.17, 15) is 4.79 Å². The van der Waals surface area contributed by atoms with Gasteiger partial charge in [0, 0.05) is 13.1 Å². The Hall–Kier alpha value is -0.390. The highest BCUT2D eigenvalue weighted by Gasteiger charge is 2.15. The average Bonchev–Trinajstić information content (AvgIpc) is 2.97. The Labute approximate surface area is 121 Å². The highest BCUT2D eigenvalue weighted by Crippen LogP contribution is 2.21. The number of carbonyl (C=O) groups is 1. The third kappa shape index (κ3) is 4.07. The standard InChI is InChI=1S/C13H19BrN2OS/c1-10(9-16-6-2-3-7-16)8-15-13(17)11-4-5-12(14)18-11/h4-5,10H,2-3,6-9H2,1H3,(H,15,17). The van der Waals surface area contributed by atoms with Gasteiger partial charge in [-0.2, -0.15) is 0 Å². The molecule has 0 radical (unpaired) electrons. The Bertz CT molecular complexity index is 401. The third-order valence-electron chi connectivity index (χ3n) is 3.18. The fourth-order valence-corrected chi connectivity index (χ4v) is 3.56. The van der Waals surface area contributed by atoms with Crippen LogP contribution < -0.4 is 5.32 Å². The van der Waals surface area contributed by atoms with Crippen LogP contribution in [0.4, 0.5) is 0 Å². The smallest absolute Gasteiger partial charge is 0.261 e. The molecule has 1 unspecified atom stereocenters. The maximum Gasteiger partial charge on any atom is 0.261 e. The molecule has 100 valence electrons. The van der Waals surface area contributed by atoms with Crippen molar-refractivity contribution in [2.45, 2.75) is 19.8 Å². The summed E-state index contributed by atoms with van der Waals surface area (Å²) >= 11 is 4.85. The monoisotopic (exact) mass is 330 g/mol. The predicted octanol–water partition coefficient (Wildman–Crippen LogP) is 2.97. The summed E-state index contributed by atoms with van der Waals surface area (Å²) in [5, 5.41) is 3.01. The number of hydrogen-bond acceptors (Lipinski definition) is 3. The molecule has 0 saturated carbocycles. The Morgan fingerprint density at radius 1 is 1.50 bits per heavy atom. The van der Waals surface area contributed by atoms with Gasteiger partial charge in [-0.1, -0.05) is 6.92 Å². The minimum atomic E-state index is 0.0407. The first-order valence-electron chi connectivity index (χ1n) is 6.41.